The molecule has 4 heteroatoms. The lowest BCUT2D eigenvalue weighted by atomic mass is 9.84. The highest BCUT2D eigenvalue weighted by Crippen LogP contribution is 2.45. The third kappa shape index (κ3) is 3.61. The van der Waals surface area contributed by atoms with Crippen molar-refractivity contribution in [3.63, 3.8) is 0 Å². The van der Waals surface area contributed by atoms with Crippen LogP contribution in [0.2, 0.25) is 0 Å². The highest BCUT2D eigenvalue weighted by atomic mass is 16.2. The fraction of sp³-hybridized carbons (Fsp3) is 0.200. The Morgan fingerprint density at radius 2 is 1.00 bits per heavy atom. The molecule has 0 aromatic heterocycles. The molecule has 1 aliphatic rings. The summed E-state index contributed by atoms with van der Waals surface area (Å²) < 4.78 is 0. The molecule has 0 aliphatic carbocycles. The number of fused-ring (bicyclic) bond motifs is 2. The van der Waals surface area contributed by atoms with Crippen LogP contribution in [-0.2, 0) is 0 Å². The van der Waals surface area contributed by atoms with Crippen molar-refractivity contribution in [1.82, 2.24) is 9.80 Å². The van der Waals surface area contributed by atoms with Crippen molar-refractivity contribution in [1.29, 1.82) is 0 Å². The summed E-state index contributed by atoms with van der Waals surface area (Å²) in [6, 6.07) is 28.0. The van der Waals surface area contributed by atoms with Crippen molar-refractivity contribution in [3.8, 4) is 22.3 Å². The Kier molecular flexibility index (Phi) is 5.99. The maximum atomic E-state index is 13.9. The van der Waals surface area contributed by atoms with Crippen LogP contribution in [0.5, 0.6) is 0 Å². The quantitative estimate of drug-likeness (QED) is 0.320. The number of nitrogens with zero attached hydrogens (tertiary/aromatic N) is 2. The molecular formula is C30H28N2O2. The molecule has 4 nitrogen and oxygen atoms in total. The van der Waals surface area contributed by atoms with E-state index in [1.807, 2.05) is 72.8 Å². The summed E-state index contributed by atoms with van der Waals surface area (Å²) in [6.07, 6.45) is 0. The highest BCUT2D eigenvalue weighted by Gasteiger charge is 2.41. The minimum absolute atomic E-state index is 0.200. The minimum atomic E-state index is -0.200. The summed E-state index contributed by atoms with van der Waals surface area (Å²) in [7, 11) is 0. The first-order valence-corrected chi connectivity index (χ1v) is 11.9. The fourth-order valence-corrected chi connectivity index (χ4v) is 5.02. The molecule has 5 rings (SSSR count). The third-order valence-electron chi connectivity index (χ3n) is 6.79. The zero-order valence-corrected chi connectivity index (χ0v) is 19.6. The fourth-order valence-electron chi connectivity index (χ4n) is 5.02. The van der Waals surface area contributed by atoms with Gasteiger partial charge in [-0.1, -0.05) is 98.8 Å². The average Bonchev–Trinajstić information content (AvgIpc) is 3.13. The van der Waals surface area contributed by atoms with E-state index in [0.29, 0.717) is 24.2 Å². The molecule has 4 aromatic rings. The lowest BCUT2D eigenvalue weighted by Gasteiger charge is -2.21. The van der Waals surface area contributed by atoms with Crippen LogP contribution in [0.4, 0.5) is 0 Å². The highest BCUT2D eigenvalue weighted by molar-refractivity contribution is 6.31. The van der Waals surface area contributed by atoms with Gasteiger partial charge in [0.1, 0.15) is 0 Å². The molecular weight excluding hydrogens is 420 g/mol. The Bertz CT molecular complexity index is 1260. The van der Waals surface area contributed by atoms with Gasteiger partial charge >= 0.3 is 0 Å². The first-order valence-electron chi connectivity index (χ1n) is 11.9. The molecule has 0 fully saturated rings. The molecule has 0 atom stereocenters. The van der Waals surface area contributed by atoms with Crippen molar-refractivity contribution in [2.24, 2.45) is 0 Å². The van der Waals surface area contributed by atoms with Gasteiger partial charge < -0.3 is 4.90 Å². The number of carbonyl (C=O) groups is 2. The van der Waals surface area contributed by atoms with Gasteiger partial charge in [-0.05, 0) is 35.0 Å². The lowest BCUT2D eigenvalue weighted by Crippen LogP contribution is -2.38. The van der Waals surface area contributed by atoms with Crippen molar-refractivity contribution >= 4 is 22.6 Å². The van der Waals surface area contributed by atoms with Gasteiger partial charge in [-0.2, -0.15) is 0 Å². The lowest BCUT2D eigenvalue weighted by molar-refractivity contribution is 0.0638. The topological polar surface area (TPSA) is 40.6 Å². The molecule has 4 aromatic carbocycles. The van der Waals surface area contributed by atoms with Crippen LogP contribution in [0.1, 0.15) is 34.6 Å². The molecule has 2 amide bonds. The number of rotatable bonds is 7. The predicted octanol–water partition coefficient (Wildman–Crippen LogP) is 6.11. The molecule has 34 heavy (non-hydrogen) atoms. The van der Waals surface area contributed by atoms with Gasteiger partial charge in [-0.15, -0.1) is 0 Å². The Hall–Kier alpha value is -3.76. The molecule has 0 saturated heterocycles. The molecule has 170 valence electrons. The predicted molar refractivity (Wildman–Crippen MR) is 138 cm³/mol. The summed E-state index contributed by atoms with van der Waals surface area (Å²) in [5, 5.41) is 1.97. The van der Waals surface area contributed by atoms with Crippen LogP contribution in [-0.4, -0.2) is 47.8 Å². The number of amides is 2. The van der Waals surface area contributed by atoms with E-state index < -0.39 is 0 Å². The first kappa shape index (κ1) is 22.1. The summed E-state index contributed by atoms with van der Waals surface area (Å²) in [5.41, 5.74) is 4.62. The normalized spacial score (nSPS) is 13.2. The Balaban J connectivity index is 1.80. The van der Waals surface area contributed by atoms with E-state index in [-0.39, 0.29) is 11.8 Å². The number of hydrogen-bond donors (Lipinski definition) is 0. The van der Waals surface area contributed by atoms with Crippen LogP contribution in [0, 0.1) is 0 Å². The monoisotopic (exact) mass is 448 g/mol. The summed E-state index contributed by atoms with van der Waals surface area (Å²) in [5.74, 6) is -0.400. The van der Waals surface area contributed by atoms with Gasteiger partial charge in [0, 0.05) is 24.2 Å². The van der Waals surface area contributed by atoms with Gasteiger partial charge in [0.2, 0.25) is 0 Å². The Morgan fingerprint density at radius 1 is 0.588 bits per heavy atom. The van der Waals surface area contributed by atoms with Crippen molar-refractivity contribution in [3.05, 3.63) is 96.1 Å². The largest absolute Gasteiger partial charge is 0.302 e. The minimum Gasteiger partial charge on any atom is -0.302 e. The van der Waals surface area contributed by atoms with Crippen LogP contribution in [0.3, 0.4) is 0 Å². The van der Waals surface area contributed by atoms with Crippen LogP contribution in [0.25, 0.3) is 33.0 Å². The second kappa shape index (κ2) is 9.24. The molecule has 0 bridgehead atoms. The second-order valence-corrected chi connectivity index (χ2v) is 8.57. The standard InChI is InChI=1S/C30H28N2O2/c1-3-31(4-2)19-20-32-29(33)27-25(21-13-7-5-8-14-21)23-17-11-12-18-24(23)26(28(27)30(32)34)22-15-9-6-10-16-22/h5-18H,3-4,19-20H2,1-2H3. The third-order valence-corrected chi connectivity index (χ3v) is 6.79. The number of benzene rings is 4. The maximum Gasteiger partial charge on any atom is 0.262 e. The number of imide groups is 1. The summed E-state index contributed by atoms with van der Waals surface area (Å²) >= 11 is 0. The Labute approximate surface area is 200 Å². The van der Waals surface area contributed by atoms with Gasteiger partial charge in [-0.25, -0.2) is 0 Å². The van der Waals surface area contributed by atoms with Crippen LogP contribution in [0.15, 0.2) is 84.9 Å². The molecule has 0 N–H and O–H groups in total. The molecule has 1 heterocycles. The summed E-state index contributed by atoms with van der Waals surface area (Å²) in [6.45, 7) is 7.01. The maximum absolute atomic E-state index is 13.9. The van der Waals surface area contributed by atoms with E-state index in [1.54, 1.807) is 0 Å². The molecule has 0 spiro atoms. The average molecular weight is 449 g/mol. The van der Waals surface area contributed by atoms with Gasteiger partial charge in [0.05, 0.1) is 11.1 Å². The van der Waals surface area contributed by atoms with E-state index in [2.05, 4.69) is 30.9 Å². The van der Waals surface area contributed by atoms with Crippen molar-refractivity contribution < 1.29 is 9.59 Å². The molecule has 0 unspecified atom stereocenters. The van der Waals surface area contributed by atoms with Crippen molar-refractivity contribution in [2.75, 3.05) is 26.2 Å². The Morgan fingerprint density at radius 3 is 1.41 bits per heavy atom. The van der Waals surface area contributed by atoms with Crippen LogP contribution < -0.4 is 0 Å². The van der Waals surface area contributed by atoms with E-state index in [4.69, 9.17) is 0 Å². The smallest absolute Gasteiger partial charge is 0.262 e. The molecule has 0 saturated carbocycles. The zero-order chi connectivity index (χ0) is 23.7. The van der Waals surface area contributed by atoms with Crippen molar-refractivity contribution in [2.45, 2.75) is 13.8 Å². The van der Waals surface area contributed by atoms with Gasteiger partial charge in [0.15, 0.2) is 0 Å². The van der Waals surface area contributed by atoms with Gasteiger partial charge in [0.25, 0.3) is 11.8 Å². The van der Waals surface area contributed by atoms with E-state index in [1.165, 1.54) is 4.90 Å². The SMILES string of the molecule is CCN(CC)CCN1C(=O)c2c(c(-c3ccccc3)c3ccccc3c2-c2ccccc2)C1=O. The van der Waals surface area contributed by atoms with Crippen LogP contribution >= 0.6 is 0 Å². The number of hydrogen-bond acceptors (Lipinski definition) is 3. The number of carbonyl (C=O) groups excluding carboxylic acids is 2. The van der Waals surface area contributed by atoms with E-state index in [9.17, 15) is 9.59 Å². The molecule has 0 radical (unpaired) electrons. The first-order chi connectivity index (χ1) is 16.7. The zero-order valence-electron chi connectivity index (χ0n) is 19.6. The van der Waals surface area contributed by atoms with E-state index >= 15 is 0 Å². The van der Waals surface area contributed by atoms with Gasteiger partial charge in [-0.3, -0.25) is 14.5 Å². The molecule has 1 aliphatic heterocycles. The second-order valence-electron chi connectivity index (χ2n) is 8.57. The van der Waals surface area contributed by atoms with E-state index in [0.717, 1.165) is 46.1 Å². The number of likely N-dealkylation sites (N-methyl/N-ethyl adjacent to an activating group) is 1. The summed E-state index contributed by atoms with van der Waals surface area (Å²) in [4.78, 5) is 31.5.